The molecule has 2 aromatic rings. The van der Waals surface area contributed by atoms with Crippen molar-refractivity contribution in [2.45, 2.75) is 37.6 Å². The van der Waals surface area contributed by atoms with E-state index in [4.69, 9.17) is 5.73 Å². The maximum absolute atomic E-state index is 12.3. The standard InChI is InChI=1S/C18H22N2O/c19-18(10-4-1-5-11-18)13-20-17(21)16-9-8-14-6-2-3-7-15(14)12-16/h2-3,6-9,12H,1,4-5,10-11,13,19H2,(H,20,21). The van der Waals surface area contributed by atoms with Crippen LogP contribution in [0.4, 0.5) is 0 Å². The molecule has 0 heterocycles. The molecule has 21 heavy (non-hydrogen) atoms. The minimum atomic E-state index is -0.218. The van der Waals surface area contributed by atoms with Gasteiger partial charge < -0.3 is 11.1 Å². The molecule has 0 aliphatic heterocycles. The third kappa shape index (κ3) is 3.24. The molecule has 3 N–H and O–H groups in total. The normalized spacial score (nSPS) is 17.6. The predicted octanol–water partition coefficient (Wildman–Crippen LogP) is 3.23. The van der Waals surface area contributed by atoms with Gasteiger partial charge in [0.2, 0.25) is 0 Å². The van der Waals surface area contributed by atoms with E-state index in [9.17, 15) is 4.79 Å². The lowest BCUT2D eigenvalue weighted by molar-refractivity contribution is 0.0938. The Morgan fingerprint density at radius 2 is 1.76 bits per heavy atom. The van der Waals surface area contributed by atoms with Gasteiger partial charge in [-0.1, -0.05) is 49.6 Å². The largest absolute Gasteiger partial charge is 0.350 e. The lowest BCUT2D eigenvalue weighted by Gasteiger charge is -2.33. The van der Waals surface area contributed by atoms with Crippen molar-refractivity contribution in [3.63, 3.8) is 0 Å². The van der Waals surface area contributed by atoms with Crippen LogP contribution in [0.5, 0.6) is 0 Å². The lowest BCUT2D eigenvalue weighted by atomic mass is 9.82. The number of hydrogen-bond acceptors (Lipinski definition) is 2. The molecule has 0 saturated heterocycles. The smallest absolute Gasteiger partial charge is 0.251 e. The van der Waals surface area contributed by atoms with Crippen LogP contribution in [0.25, 0.3) is 10.8 Å². The van der Waals surface area contributed by atoms with Crippen LogP contribution >= 0.6 is 0 Å². The highest BCUT2D eigenvalue weighted by molar-refractivity contribution is 5.98. The van der Waals surface area contributed by atoms with Crippen LogP contribution in [-0.4, -0.2) is 18.0 Å². The first kappa shape index (κ1) is 14.1. The number of amides is 1. The summed E-state index contributed by atoms with van der Waals surface area (Å²) in [7, 11) is 0. The molecule has 3 rings (SSSR count). The van der Waals surface area contributed by atoms with Gasteiger partial charge in [-0.15, -0.1) is 0 Å². The van der Waals surface area contributed by atoms with Gasteiger partial charge in [-0.2, -0.15) is 0 Å². The molecule has 1 aliphatic carbocycles. The van der Waals surface area contributed by atoms with E-state index in [1.807, 2.05) is 42.5 Å². The number of carbonyl (C=O) groups excluding carboxylic acids is 1. The monoisotopic (exact) mass is 282 g/mol. The Morgan fingerprint density at radius 3 is 2.52 bits per heavy atom. The Balaban J connectivity index is 1.69. The zero-order valence-electron chi connectivity index (χ0n) is 12.3. The summed E-state index contributed by atoms with van der Waals surface area (Å²) in [6.07, 6.45) is 5.61. The third-order valence-electron chi connectivity index (χ3n) is 4.46. The molecule has 1 amide bonds. The quantitative estimate of drug-likeness (QED) is 0.908. The minimum Gasteiger partial charge on any atom is -0.350 e. The van der Waals surface area contributed by atoms with Gasteiger partial charge in [-0.05, 0) is 35.7 Å². The summed E-state index contributed by atoms with van der Waals surface area (Å²) in [6, 6.07) is 13.9. The summed E-state index contributed by atoms with van der Waals surface area (Å²) in [5.74, 6) is -0.0313. The molecule has 0 aromatic heterocycles. The molecule has 0 radical (unpaired) electrons. The third-order valence-corrected chi connectivity index (χ3v) is 4.46. The van der Waals surface area contributed by atoms with Crippen molar-refractivity contribution in [1.29, 1.82) is 0 Å². The van der Waals surface area contributed by atoms with Gasteiger partial charge in [0.15, 0.2) is 0 Å². The fourth-order valence-electron chi connectivity index (χ4n) is 3.12. The van der Waals surface area contributed by atoms with Gasteiger partial charge in [0.1, 0.15) is 0 Å². The second-order valence-electron chi connectivity index (χ2n) is 6.17. The second kappa shape index (κ2) is 5.86. The predicted molar refractivity (Wildman–Crippen MR) is 86.3 cm³/mol. The van der Waals surface area contributed by atoms with Gasteiger partial charge in [0, 0.05) is 17.6 Å². The van der Waals surface area contributed by atoms with Gasteiger partial charge in [0.25, 0.3) is 5.91 Å². The average Bonchev–Trinajstić information content (AvgIpc) is 2.53. The van der Waals surface area contributed by atoms with E-state index in [1.54, 1.807) is 0 Å². The minimum absolute atomic E-state index is 0.0313. The Morgan fingerprint density at radius 1 is 1.05 bits per heavy atom. The van der Waals surface area contributed by atoms with E-state index in [1.165, 1.54) is 19.3 Å². The van der Waals surface area contributed by atoms with Crippen LogP contribution in [0.3, 0.4) is 0 Å². The summed E-state index contributed by atoms with van der Waals surface area (Å²) in [5, 5.41) is 5.25. The van der Waals surface area contributed by atoms with Gasteiger partial charge in [0.05, 0.1) is 0 Å². The highest BCUT2D eigenvalue weighted by atomic mass is 16.1. The summed E-state index contributed by atoms with van der Waals surface area (Å²) < 4.78 is 0. The van der Waals surface area contributed by atoms with Gasteiger partial charge >= 0.3 is 0 Å². The molecular weight excluding hydrogens is 260 g/mol. The van der Waals surface area contributed by atoms with E-state index in [2.05, 4.69) is 5.32 Å². The average molecular weight is 282 g/mol. The Labute approximate surface area is 125 Å². The van der Waals surface area contributed by atoms with Gasteiger partial charge in [-0.3, -0.25) is 4.79 Å². The number of nitrogens with one attached hydrogen (secondary N) is 1. The maximum atomic E-state index is 12.3. The molecule has 1 fully saturated rings. The van der Waals surface area contributed by atoms with E-state index >= 15 is 0 Å². The molecule has 0 spiro atoms. The number of rotatable bonds is 3. The molecule has 0 bridgehead atoms. The molecule has 2 aromatic carbocycles. The number of carbonyl (C=O) groups is 1. The Hall–Kier alpha value is -1.87. The second-order valence-corrected chi connectivity index (χ2v) is 6.17. The van der Waals surface area contributed by atoms with Crippen LogP contribution in [0, 0.1) is 0 Å². The van der Waals surface area contributed by atoms with Crippen molar-refractivity contribution >= 4 is 16.7 Å². The number of nitrogens with two attached hydrogens (primary N) is 1. The fourth-order valence-corrected chi connectivity index (χ4v) is 3.12. The zero-order chi connectivity index (χ0) is 14.7. The van der Waals surface area contributed by atoms with Crippen LogP contribution in [-0.2, 0) is 0 Å². The first-order valence-electron chi connectivity index (χ1n) is 7.72. The molecular formula is C18H22N2O. The van der Waals surface area contributed by atoms with Crippen LogP contribution < -0.4 is 11.1 Å². The van der Waals surface area contributed by atoms with Crippen LogP contribution in [0.1, 0.15) is 42.5 Å². The topological polar surface area (TPSA) is 55.1 Å². The first-order valence-corrected chi connectivity index (χ1v) is 7.72. The van der Waals surface area contributed by atoms with Crippen molar-refractivity contribution in [2.24, 2.45) is 5.73 Å². The molecule has 1 aliphatic rings. The summed E-state index contributed by atoms with van der Waals surface area (Å²) in [4.78, 5) is 12.3. The zero-order valence-corrected chi connectivity index (χ0v) is 12.3. The SMILES string of the molecule is NC1(CNC(=O)c2ccc3ccccc3c2)CCCCC1. The number of fused-ring (bicyclic) bond motifs is 1. The molecule has 0 atom stereocenters. The fraction of sp³-hybridized carbons (Fsp3) is 0.389. The highest BCUT2D eigenvalue weighted by Gasteiger charge is 2.27. The van der Waals surface area contributed by atoms with Crippen molar-refractivity contribution in [3.05, 3.63) is 48.0 Å². The van der Waals surface area contributed by atoms with Crippen LogP contribution in [0.15, 0.2) is 42.5 Å². The van der Waals surface area contributed by atoms with Crippen molar-refractivity contribution in [3.8, 4) is 0 Å². The first-order chi connectivity index (χ1) is 10.2. The van der Waals surface area contributed by atoms with Crippen molar-refractivity contribution in [1.82, 2.24) is 5.32 Å². The molecule has 0 unspecified atom stereocenters. The van der Waals surface area contributed by atoms with Gasteiger partial charge in [-0.25, -0.2) is 0 Å². The van der Waals surface area contributed by atoms with Crippen LogP contribution in [0.2, 0.25) is 0 Å². The number of hydrogen-bond donors (Lipinski definition) is 2. The Bertz CT molecular complexity index is 644. The molecule has 110 valence electrons. The Kier molecular flexibility index (Phi) is 3.93. The number of benzene rings is 2. The van der Waals surface area contributed by atoms with E-state index in [-0.39, 0.29) is 11.4 Å². The van der Waals surface area contributed by atoms with E-state index < -0.39 is 0 Å². The van der Waals surface area contributed by atoms with E-state index in [0.29, 0.717) is 12.1 Å². The molecule has 3 nitrogen and oxygen atoms in total. The summed E-state index contributed by atoms with van der Waals surface area (Å²) >= 11 is 0. The maximum Gasteiger partial charge on any atom is 0.251 e. The van der Waals surface area contributed by atoms with Crippen molar-refractivity contribution in [2.75, 3.05) is 6.54 Å². The van der Waals surface area contributed by atoms with Crippen molar-refractivity contribution < 1.29 is 4.79 Å². The summed E-state index contributed by atoms with van der Waals surface area (Å²) in [5.41, 5.74) is 6.85. The summed E-state index contributed by atoms with van der Waals surface area (Å²) in [6.45, 7) is 0.568. The molecule has 3 heteroatoms. The highest BCUT2D eigenvalue weighted by Crippen LogP contribution is 2.25. The molecule has 1 saturated carbocycles. The lowest BCUT2D eigenvalue weighted by Crippen LogP contribution is -2.51. The van der Waals surface area contributed by atoms with E-state index in [0.717, 1.165) is 23.6 Å².